The van der Waals surface area contributed by atoms with Gasteiger partial charge < -0.3 is 10.5 Å². The first-order valence-electron chi connectivity index (χ1n) is 6.92. The van der Waals surface area contributed by atoms with Gasteiger partial charge in [-0.3, -0.25) is 0 Å². The minimum absolute atomic E-state index is 0.0468. The predicted octanol–water partition coefficient (Wildman–Crippen LogP) is 3.41. The summed E-state index contributed by atoms with van der Waals surface area (Å²) < 4.78 is 5.85. The SMILES string of the molecule is CCCCCC1(C=CCN)COc2ccccc21. The minimum atomic E-state index is 0.0468. The number of rotatable bonds is 6. The van der Waals surface area contributed by atoms with E-state index >= 15 is 0 Å². The third kappa shape index (κ3) is 2.59. The molecule has 2 N–H and O–H groups in total. The molecule has 2 rings (SSSR count). The van der Waals surface area contributed by atoms with Crippen molar-refractivity contribution in [2.45, 2.75) is 38.0 Å². The largest absolute Gasteiger partial charge is 0.492 e. The molecule has 0 fully saturated rings. The van der Waals surface area contributed by atoms with Gasteiger partial charge in [-0.25, -0.2) is 0 Å². The van der Waals surface area contributed by atoms with Crippen LogP contribution in [0.4, 0.5) is 0 Å². The molecule has 0 saturated heterocycles. The average Bonchev–Trinajstić information content (AvgIpc) is 2.77. The fourth-order valence-corrected chi connectivity index (χ4v) is 2.70. The zero-order valence-corrected chi connectivity index (χ0v) is 11.2. The first-order chi connectivity index (χ1) is 8.82. The number of unbranched alkanes of at least 4 members (excludes halogenated alkanes) is 2. The van der Waals surface area contributed by atoms with Gasteiger partial charge in [0.15, 0.2) is 0 Å². The first-order valence-corrected chi connectivity index (χ1v) is 6.92. The maximum absolute atomic E-state index is 5.85. The van der Waals surface area contributed by atoms with E-state index in [9.17, 15) is 0 Å². The molecule has 1 aliphatic rings. The molecule has 98 valence electrons. The lowest BCUT2D eigenvalue weighted by atomic mass is 9.77. The van der Waals surface area contributed by atoms with Crippen molar-refractivity contribution in [1.29, 1.82) is 0 Å². The Morgan fingerprint density at radius 1 is 1.33 bits per heavy atom. The highest BCUT2D eigenvalue weighted by Crippen LogP contribution is 2.43. The van der Waals surface area contributed by atoms with Crippen LogP contribution in [0.3, 0.4) is 0 Å². The quantitative estimate of drug-likeness (QED) is 0.615. The zero-order valence-electron chi connectivity index (χ0n) is 11.2. The summed E-state index contributed by atoms with van der Waals surface area (Å²) in [6.45, 7) is 3.59. The molecule has 18 heavy (non-hydrogen) atoms. The molecule has 0 bridgehead atoms. The van der Waals surface area contributed by atoms with Gasteiger partial charge in [0.1, 0.15) is 12.4 Å². The van der Waals surface area contributed by atoms with E-state index in [-0.39, 0.29) is 5.41 Å². The van der Waals surface area contributed by atoms with Gasteiger partial charge in [0, 0.05) is 12.1 Å². The molecule has 0 aromatic heterocycles. The summed E-state index contributed by atoms with van der Waals surface area (Å²) in [5.41, 5.74) is 6.98. The number of benzene rings is 1. The maximum atomic E-state index is 5.85. The fraction of sp³-hybridized carbons (Fsp3) is 0.500. The smallest absolute Gasteiger partial charge is 0.123 e. The Balaban J connectivity index is 2.24. The van der Waals surface area contributed by atoms with E-state index in [1.807, 2.05) is 6.07 Å². The number of hydrogen-bond acceptors (Lipinski definition) is 2. The van der Waals surface area contributed by atoms with Gasteiger partial charge in [0.25, 0.3) is 0 Å². The van der Waals surface area contributed by atoms with Crippen molar-refractivity contribution < 1.29 is 4.74 Å². The predicted molar refractivity (Wildman–Crippen MR) is 76.0 cm³/mol. The van der Waals surface area contributed by atoms with Crippen LogP contribution in [0, 0.1) is 0 Å². The summed E-state index contributed by atoms with van der Waals surface area (Å²) in [5.74, 6) is 1.04. The molecule has 1 heterocycles. The van der Waals surface area contributed by atoms with Gasteiger partial charge in [-0.2, -0.15) is 0 Å². The molecule has 1 aromatic carbocycles. The van der Waals surface area contributed by atoms with Crippen LogP contribution in [0.1, 0.15) is 38.2 Å². The average molecular weight is 245 g/mol. The molecular weight excluding hydrogens is 222 g/mol. The summed E-state index contributed by atoms with van der Waals surface area (Å²) in [6, 6.07) is 8.38. The van der Waals surface area contributed by atoms with Gasteiger partial charge in [0.2, 0.25) is 0 Å². The lowest BCUT2D eigenvalue weighted by molar-refractivity contribution is 0.283. The standard InChI is InChI=1S/C16H23NO/c1-2-3-6-10-16(11-7-12-17)13-18-15-9-5-4-8-14(15)16/h4-5,7-9,11H,2-3,6,10,12-13,17H2,1H3. The minimum Gasteiger partial charge on any atom is -0.492 e. The highest BCUT2D eigenvalue weighted by Gasteiger charge is 2.37. The lowest BCUT2D eigenvalue weighted by Crippen LogP contribution is -2.25. The van der Waals surface area contributed by atoms with E-state index in [0.29, 0.717) is 6.54 Å². The Morgan fingerprint density at radius 2 is 2.17 bits per heavy atom. The normalized spacial score (nSPS) is 22.1. The molecule has 2 nitrogen and oxygen atoms in total. The van der Waals surface area contributed by atoms with Gasteiger partial charge in [-0.05, 0) is 12.5 Å². The molecule has 1 aromatic rings. The Labute approximate surface area is 110 Å². The second-order valence-corrected chi connectivity index (χ2v) is 5.04. The van der Waals surface area contributed by atoms with Crippen LogP contribution in [0.25, 0.3) is 0 Å². The van der Waals surface area contributed by atoms with Crippen LogP contribution in [-0.2, 0) is 5.41 Å². The van der Waals surface area contributed by atoms with Gasteiger partial charge in [-0.1, -0.05) is 56.5 Å². The topological polar surface area (TPSA) is 35.2 Å². The lowest BCUT2D eigenvalue weighted by Gasteiger charge is -2.24. The highest BCUT2D eigenvalue weighted by molar-refractivity contribution is 5.46. The van der Waals surface area contributed by atoms with Crippen molar-refractivity contribution in [3.05, 3.63) is 42.0 Å². The molecule has 1 unspecified atom stereocenters. The number of hydrogen-bond donors (Lipinski definition) is 1. The number of ether oxygens (including phenoxy) is 1. The monoisotopic (exact) mass is 245 g/mol. The molecule has 0 radical (unpaired) electrons. The summed E-state index contributed by atoms with van der Waals surface area (Å²) in [7, 11) is 0. The van der Waals surface area contributed by atoms with Crippen LogP contribution in [0.15, 0.2) is 36.4 Å². The Hall–Kier alpha value is -1.28. The second kappa shape index (κ2) is 6.05. The van der Waals surface area contributed by atoms with E-state index in [1.165, 1.54) is 24.8 Å². The van der Waals surface area contributed by atoms with Gasteiger partial charge in [-0.15, -0.1) is 0 Å². The Morgan fingerprint density at radius 3 is 2.94 bits per heavy atom. The van der Waals surface area contributed by atoms with Crippen molar-refractivity contribution in [3.63, 3.8) is 0 Å². The molecule has 0 aliphatic carbocycles. The van der Waals surface area contributed by atoms with E-state index in [1.54, 1.807) is 0 Å². The molecule has 2 heteroatoms. The van der Waals surface area contributed by atoms with Gasteiger partial charge in [0.05, 0.1) is 5.41 Å². The second-order valence-electron chi connectivity index (χ2n) is 5.04. The van der Waals surface area contributed by atoms with Crippen molar-refractivity contribution in [2.24, 2.45) is 5.73 Å². The first kappa shape index (κ1) is 13.2. The molecule has 0 spiro atoms. The number of para-hydroxylation sites is 1. The summed E-state index contributed by atoms with van der Waals surface area (Å²) in [5, 5.41) is 0. The van der Waals surface area contributed by atoms with Crippen LogP contribution >= 0.6 is 0 Å². The number of nitrogens with two attached hydrogens (primary N) is 1. The molecule has 1 atom stereocenters. The van der Waals surface area contributed by atoms with Crippen molar-refractivity contribution >= 4 is 0 Å². The summed E-state index contributed by atoms with van der Waals surface area (Å²) in [4.78, 5) is 0. The van der Waals surface area contributed by atoms with Crippen molar-refractivity contribution in [2.75, 3.05) is 13.2 Å². The van der Waals surface area contributed by atoms with Crippen LogP contribution < -0.4 is 10.5 Å². The van der Waals surface area contributed by atoms with E-state index in [4.69, 9.17) is 10.5 Å². The fourth-order valence-electron chi connectivity index (χ4n) is 2.70. The highest BCUT2D eigenvalue weighted by atomic mass is 16.5. The number of fused-ring (bicyclic) bond motifs is 1. The zero-order chi connectivity index (χ0) is 12.8. The molecule has 1 aliphatic heterocycles. The molecule has 0 amide bonds. The molecular formula is C16H23NO. The Bertz CT molecular complexity index is 413. The van der Waals surface area contributed by atoms with Crippen molar-refractivity contribution in [1.82, 2.24) is 0 Å². The summed E-state index contributed by atoms with van der Waals surface area (Å²) >= 11 is 0. The molecule has 0 saturated carbocycles. The van der Waals surface area contributed by atoms with Crippen molar-refractivity contribution in [3.8, 4) is 5.75 Å². The Kier molecular flexibility index (Phi) is 4.43. The van der Waals surface area contributed by atoms with E-state index in [0.717, 1.165) is 18.8 Å². The van der Waals surface area contributed by atoms with Crippen LogP contribution in [0.2, 0.25) is 0 Å². The van der Waals surface area contributed by atoms with Crippen LogP contribution in [0.5, 0.6) is 5.75 Å². The third-order valence-corrected chi connectivity index (χ3v) is 3.71. The summed E-state index contributed by atoms with van der Waals surface area (Å²) in [6.07, 6.45) is 9.24. The van der Waals surface area contributed by atoms with Crippen LogP contribution in [-0.4, -0.2) is 13.2 Å². The third-order valence-electron chi connectivity index (χ3n) is 3.71. The van der Waals surface area contributed by atoms with E-state index in [2.05, 4.69) is 37.3 Å². The van der Waals surface area contributed by atoms with Gasteiger partial charge >= 0.3 is 0 Å². The van der Waals surface area contributed by atoms with E-state index < -0.39 is 0 Å². The maximum Gasteiger partial charge on any atom is 0.123 e.